The predicted molar refractivity (Wildman–Crippen MR) is 298 cm³/mol. The molecule has 6 aromatic heterocycles. The summed E-state index contributed by atoms with van der Waals surface area (Å²) in [5, 5.41) is 62.3. The number of nitrogens with one attached hydrogen (secondary N) is 2. The van der Waals surface area contributed by atoms with Crippen LogP contribution in [0.25, 0.3) is 66.2 Å². The van der Waals surface area contributed by atoms with E-state index in [2.05, 4.69) is 59.7 Å². The summed E-state index contributed by atoms with van der Waals surface area (Å²) in [6.07, 6.45) is 1.59. The van der Waals surface area contributed by atoms with E-state index in [1.807, 2.05) is 0 Å². The van der Waals surface area contributed by atoms with Crippen LogP contribution < -0.4 is 5.59 Å². The quantitative estimate of drug-likeness (QED) is 0.0397. The van der Waals surface area contributed by atoms with Crippen LogP contribution in [0.3, 0.4) is 0 Å². The number of hydrogen-bond acceptors (Lipinski definition) is 8. The smallest absolute Gasteiger partial charge is 0.422 e. The molecule has 24 heteroatoms. The van der Waals surface area contributed by atoms with Crippen LogP contribution in [-0.2, 0) is 24.3 Å². The largest absolute Gasteiger partial charge is 0.507 e. The van der Waals surface area contributed by atoms with E-state index in [9.17, 15) is 45.3 Å². The molecular formula is C58H44BBrF8N10O4. The van der Waals surface area contributed by atoms with Gasteiger partial charge in [0.1, 0.15) is 11.6 Å². The van der Waals surface area contributed by atoms with Crippen molar-refractivity contribution in [1.29, 1.82) is 0 Å². The van der Waals surface area contributed by atoms with Crippen LogP contribution in [0.15, 0.2) is 200 Å². The number of nitrogens with zero attached hydrogens (tertiary/aromatic N) is 8. The summed E-state index contributed by atoms with van der Waals surface area (Å²) in [7, 11) is -1.43. The highest BCUT2D eigenvalue weighted by atomic mass is 79.9. The number of allylic oxidation sites excluding steroid dienone is 2. The van der Waals surface area contributed by atoms with Crippen molar-refractivity contribution in [3.63, 3.8) is 0 Å². The molecule has 0 bridgehead atoms. The van der Waals surface area contributed by atoms with Gasteiger partial charge in [-0.2, -0.15) is 46.7 Å². The lowest BCUT2D eigenvalue weighted by atomic mass is 9.84. The fraction of sp³-hybridized carbons (Fsp3) is 0.103. The zero-order chi connectivity index (χ0) is 58.3. The monoisotopic (exact) mass is 1190 g/mol. The third-order valence-electron chi connectivity index (χ3n) is 13.7. The summed E-state index contributed by atoms with van der Waals surface area (Å²) in [5.74, 6) is -0.828. The minimum atomic E-state index is -5.05. The standard InChI is InChI=1S/C29H21F4N5O.C26H18BrF4N3O.C3H5BN2O2/c1-2-13-37-17-24(23-9-3-18(15-27(23)37)25-11-12-34-36-25)28(39,29(31,32)33)20-4-10-26-19(14-20)16-35-38(26)22-7-5-21(30)6-8-22;1-2-11-33-15-22(21-9-4-18(27)13-24(21)33)25(35,26(29,30)31)17-3-10-23-16(12-17)14-32-34(23)20-7-5-19(28)6-8-20;7-4(8)3-1-2-5-6-3/h2-12,14-17,39H,1,13H2,(H,34,36);2-10,12-15,35H,1,11H2;1-2,7-8H,(H,5,6). The molecule has 2 unspecified atom stereocenters. The second-order valence-electron chi connectivity index (χ2n) is 18.7. The number of fused-ring (bicyclic) bond motifs is 4. The van der Waals surface area contributed by atoms with Crippen LogP contribution in [0, 0.1) is 11.6 Å². The first-order valence-electron chi connectivity index (χ1n) is 24.7. The predicted octanol–water partition coefficient (Wildman–Crippen LogP) is 11.4. The van der Waals surface area contributed by atoms with Gasteiger partial charge in [-0.25, -0.2) is 18.1 Å². The fourth-order valence-electron chi connectivity index (χ4n) is 9.74. The first-order valence-corrected chi connectivity index (χ1v) is 25.5. The summed E-state index contributed by atoms with van der Waals surface area (Å²) in [6.45, 7) is 7.92. The first kappa shape index (κ1) is 56.3. The van der Waals surface area contributed by atoms with E-state index in [4.69, 9.17) is 10.0 Å². The van der Waals surface area contributed by atoms with Crippen LogP contribution in [-0.4, -0.2) is 88.8 Å². The molecule has 12 rings (SSSR count). The molecule has 0 spiro atoms. The highest BCUT2D eigenvalue weighted by molar-refractivity contribution is 9.10. The summed E-state index contributed by atoms with van der Waals surface area (Å²) in [5.41, 5.74) is -2.95. The summed E-state index contributed by atoms with van der Waals surface area (Å²) < 4.78 is 122. The molecule has 0 amide bonds. The van der Waals surface area contributed by atoms with Gasteiger partial charge in [-0.05, 0) is 114 Å². The Labute approximate surface area is 468 Å². The minimum absolute atomic E-state index is 0.236. The lowest BCUT2D eigenvalue weighted by Gasteiger charge is -2.31. The lowest BCUT2D eigenvalue weighted by Crippen LogP contribution is -2.43. The molecule has 82 heavy (non-hydrogen) atoms. The molecule has 0 fully saturated rings. The number of halogens is 9. The number of aromatic amines is 2. The highest BCUT2D eigenvalue weighted by Gasteiger charge is 2.59. The molecule has 0 radical (unpaired) electrons. The Morgan fingerprint density at radius 2 is 1.01 bits per heavy atom. The van der Waals surface area contributed by atoms with E-state index in [1.165, 1.54) is 131 Å². The van der Waals surface area contributed by atoms with Crippen LogP contribution in [0.1, 0.15) is 22.3 Å². The number of H-pyrrole nitrogens is 2. The normalized spacial score (nSPS) is 13.3. The van der Waals surface area contributed by atoms with Crippen molar-refractivity contribution in [3.8, 4) is 22.6 Å². The van der Waals surface area contributed by atoms with Crippen LogP contribution in [0.4, 0.5) is 35.1 Å². The molecule has 0 aliphatic rings. The van der Waals surface area contributed by atoms with Gasteiger partial charge in [0.05, 0.1) is 46.1 Å². The van der Waals surface area contributed by atoms with Crippen LogP contribution in [0.5, 0.6) is 0 Å². The van der Waals surface area contributed by atoms with Crippen molar-refractivity contribution in [2.24, 2.45) is 0 Å². The second kappa shape index (κ2) is 22.2. The van der Waals surface area contributed by atoms with Gasteiger partial charge in [0.2, 0.25) is 11.2 Å². The summed E-state index contributed by atoms with van der Waals surface area (Å²) in [6, 6.07) is 32.3. The molecule has 0 saturated heterocycles. The maximum Gasteiger partial charge on any atom is 0.507 e. The van der Waals surface area contributed by atoms with Crippen molar-refractivity contribution in [1.82, 2.24) is 49.1 Å². The van der Waals surface area contributed by atoms with Crippen molar-refractivity contribution in [2.75, 3.05) is 0 Å². The van der Waals surface area contributed by atoms with E-state index in [-0.39, 0.29) is 46.1 Å². The van der Waals surface area contributed by atoms with E-state index < -0.39 is 42.3 Å². The van der Waals surface area contributed by atoms with E-state index in [0.29, 0.717) is 60.0 Å². The van der Waals surface area contributed by atoms with E-state index in [0.717, 1.165) is 5.56 Å². The molecular weight excluding hydrogens is 1140 g/mol. The molecule has 0 aliphatic carbocycles. The number of aromatic nitrogens is 10. The molecule has 6 N–H and O–H groups in total. The first-order chi connectivity index (χ1) is 39.1. The second-order valence-corrected chi connectivity index (χ2v) is 19.7. The van der Waals surface area contributed by atoms with Gasteiger partial charge in [-0.15, -0.1) is 13.2 Å². The Morgan fingerprint density at radius 1 is 0.549 bits per heavy atom. The van der Waals surface area contributed by atoms with Gasteiger partial charge in [-0.3, -0.25) is 10.2 Å². The van der Waals surface area contributed by atoms with E-state index in [1.54, 1.807) is 69.9 Å². The zero-order valence-electron chi connectivity index (χ0n) is 42.5. The lowest BCUT2D eigenvalue weighted by molar-refractivity contribution is -0.248. The Kier molecular flexibility index (Phi) is 15.2. The van der Waals surface area contributed by atoms with Crippen molar-refractivity contribution in [2.45, 2.75) is 36.6 Å². The molecule has 14 nitrogen and oxygen atoms in total. The third-order valence-corrected chi connectivity index (χ3v) is 14.2. The Hall–Kier alpha value is -8.94. The topological polar surface area (TPSA) is 184 Å². The van der Waals surface area contributed by atoms with Gasteiger partial charge in [-0.1, -0.05) is 58.4 Å². The fourth-order valence-corrected chi connectivity index (χ4v) is 10.1. The van der Waals surface area contributed by atoms with Crippen LogP contribution >= 0.6 is 15.9 Å². The average Bonchev–Trinajstić information content (AvgIpc) is 2.31. The molecule has 6 heterocycles. The van der Waals surface area contributed by atoms with Crippen LogP contribution in [0.2, 0.25) is 0 Å². The molecule has 2 atom stereocenters. The molecule has 0 saturated carbocycles. The SMILES string of the molecule is C=CCn1cc(C(O)(c2ccc3c(cnn3-c3ccc(F)cc3)c2)C(F)(F)F)c2ccc(-c3ccn[nH]3)cc21.C=CCn1cc(C(O)(c2ccc3c(cnn3-c3ccc(F)cc3)c2)C(F)(F)F)c2ccc(Br)cc21.OB(O)c1ccn[nH]1. The maximum absolute atomic E-state index is 14.9. The van der Waals surface area contributed by atoms with Crippen molar-refractivity contribution < 1.29 is 55.4 Å². The average molecular weight is 1190 g/mol. The third kappa shape index (κ3) is 10.4. The number of alkyl halides is 6. The van der Waals surface area contributed by atoms with Gasteiger partial charge in [0.15, 0.2) is 0 Å². The zero-order valence-corrected chi connectivity index (χ0v) is 44.1. The molecule has 416 valence electrons. The van der Waals surface area contributed by atoms with Crippen molar-refractivity contribution in [3.05, 3.63) is 234 Å². The maximum atomic E-state index is 14.9. The molecule has 12 aromatic rings. The van der Waals surface area contributed by atoms with Gasteiger partial charge in [0, 0.05) is 91.6 Å². The number of hydrogen-bond donors (Lipinski definition) is 6. The summed E-state index contributed by atoms with van der Waals surface area (Å²) >= 11 is 3.36. The number of aliphatic hydroxyl groups is 2. The highest BCUT2D eigenvalue weighted by Crippen LogP contribution is 2.50. The Morgan fingerprint density at radius 3 is 1.43 bits per heavy atom. The van der Waals surface area contributed by atoms with E-state index >= 15 is 0 Å². The van der Waals surface area contributed by atoms with Gasteiger partial charge in [0.25, 0.3) is 0 Å². The van der Waals surface area contributed by atoms with Gasteiger partial charge >= 0.3 is 19.5 Å². The molecule has 6 aromatic carbocycles. The molecule has 0 aliphatic heterocycles. The van der Waals surface area contributed by atoms with Gasteiger partial charge < -0.3 is 29.4 Å². The van der Waals surface area contributed by atoms with Crippen molar-refractivity contribution >= 4 is 72.3 Å². The Balaban J connectivity index is 0.000000162. The summed E-state index contributed by atoms with van der Waals surface area (Å²) in [4.78, 5) is 0. The Bertz CT molecular complexity index is 4250. The minimum Gasteiger partial charge on any atom is -0.422 e. The number of benzene rings is 6. The number of rotatable bonds is 12.